The number of hydrogen-bond acceptors (Lipinski definition) is 1. The van der Waals surface area contributed by atoms with Gasteiger partial charge in [0.1, 0.15) is 6.29 Å². The normalized spacial score (nSPS) is 11.1. The zero-order chi connectivity index (χ0) is 12.1. The van der Waals surface area contributed by atoms with Gasteiger partial charge in [-0.1, -0.05) is 18.2 Å². The maximum atomic E-state index is 12.6. The van der Waals surface area contributed by atoms with E-state index in [0.717, 1.165) is 12.1 Å². The van der Waals surface area contributed by atoms with Crippen LogP contribution < -0.4 is 0 Å². The number of rotatable bonds is 5. The van der Waals surface area contributed by atoms with E-state index < -0.39 is 24.0 Å². The van der Waals surface area contributed by atoms with Gasteiger partial charge in [-0.3, -0.25) is 0 Å². The van der Waals surface area contributed by atoms with Crippen molar-refractivity contribution in [3.63, 3.8) is 0 Å². The predicted molar refractivity (Wildman–Crippen MR) is 50.7 cm³/mol. The molecule has 0 spiro atoms. The van der Waals surface area contributed by atoms with Crippen molar-refractivity contribution in [2.75, 3.05) is 0 Å². The second-order valence-electron chi connectivity index (χ2n) is 3.22. The summed E-state index contributed by atoms with van der Waals surface area (Å²) in [5.74, 6) is 0. The first-order valence-electron chi connectivity index (χ1n) is 4.69. The highest BCUT2D eigenvalue weighted by Gasteiger charge is 2.20. The molecule has 1 nitrogen and oxygen atoms in total. The summed E-state index contributed by atoms with van der Waals surface area (Å²) < 4.78 is 50.3. The first kappa shape index (κ1) is 12.7. The number of carbonyl (C=O) groups excluding carboxylic acids is 1. The maximum Gasteiger partial charge on any atom is 0.264 e. The van der Waals surface area contributed by atoms with Gasteiger partial charge in [-0.2, -0.15) is 0 Å². The quantitative estimate of drug-likeness (QED) is 0.561. The lowest BCUT2D eigenvalue weighted by Crippen LogP contribution is -2.02. The maximum absolute atomic E-state index is 12.6. The van der Waals surface area contributed by atoms with Crippen LogP contribution in [0.2, 0.25) is 0 Å². The first-order valence-corrected chi connectivity index (χ1v) is 4.69. The van der Waals surface area contributed by atoms with Crippen molar-refractivity contribution in [2.45, 2.75) is 25.7 Å². The second-order valence-corrected chi connectivity index (χ2v) is 3.22. The van der Waals surface area contributed by atoms with Gasteiger partial charge in [0.05, 0.1) is 0 Å². The molecule has 16 heavy (non-hydrogen) atoms. The third-order valence-electron chi connectivity index (χ3n) is 2.23. The van der Waals surface area contributed by atoms with Gasteiger partial charge in [0.2, 0.25) is 0 Å². The average molecular weight is 234 g/mol. The van der Waals surface area contributed by atoms with Crippen LogP contribution in [0, 0.1) is 0 Å². The number of benzene rings is 1. The summed E-state index contributed by atoms with van der Waals surface area (Å²) in [6.07, 6.45) is -5.20. The smallest absolute Gasteiger partial charge is 0.264 e. The summed E-state index contributed by atoms with van der Waals surface area (Å²) in [4.78, 5) is 10.2. The summed E-state index contributed by atoms with van der Waals surface area (Å²) in [5, 5.41) is 0. The molecule has 1 aromatic carbocycles. The number of alkyl halides is 4. The van der Waals surface area contributed by atoms with E-state index in [2.05, 4.69) is 0 Å². The van der Waals surface area contributed by atoms with Crippen molar-refractivity contribution in [1.29, 1.82) is 0 Å². The summed E-state index contributed by atoms with van der Waals surface area (Å²) in [6, 6.07) is 3.39. The molecule has 0 saturated carbocycles. The van der Waals surface area contributed by atoms with E-state index in [4.69, 9.17) is 0 Å². The molecule has 0 aromatic heterocycles. The summed E-state index contributed by atoms with van der Waals surface area (Å²) in [7, 11) is 0. The molecule has 0 aliphatic carbocycles. The van der Waals surface area contributed by atoms with E-state index in [-0.39, 0.29) is 18.4 Å². The van der Waals surface area contributed by atoms with Gasteiger partial charge >= 0.3 is 0 Å². The van der Waals surface area contributed by atoms with Gasteiger partial charge in [-0.15, -0.1) is 0 Å². The van der Waals surface area contributed by atoms with Crippen molar-refractivity contribution < 1.29 is 22.4 Å². The summed E-state index contributed by atoms with van der Waals surface area (Å²) in [6.45, 7) is 0. The molecule has 0 bridgehead atoms. The Kier molecular flexibility index (Phi) is 4.46. The van der Waals surface area contributed by atoms with Crippen molar-refractivity contribution in [1.82, 2.24) is 0 Å². The Labute approximate surface area is 90.1 Å². The van der Waals surface area contributed by atoms with Crippen LogP contribution in [0.15, 0.2) is 18.2 Å². The molecular weight excluding hydrogens is 224 g/mol. The molecule has 0 amide bonds. The Morgan fingerprint density at radius 1 is 1.06 bits per heavy atom. The highest BCUT2D eigenvalue weighted by Crippen LogP contribution is 2.31. The van der Waals surface area contributed by atoms with Crippen LogP contribution in [-0.2, 0) is 11.2 Å². The Hall–Kier alpha value is -1.39. The highest BCUT2D eigenvalue weighted by atomic mass is 19.3. The zero-order valence-electron chi connectivity index (χ0n) is 8.30. The fraction of sp³-hybridized carbons (Fsp3) is 0.364. The van der Waals surface area contributed by atoms with Crippen molar-refractivity contribution in [3.8, 4) is 0 Å². The predicted octanol–water partition coefficient (Wildman–Crippen LogP) is 3.69. The average Bonchev–Trinajstić information content (AvgIpc) is 2.25. The molecular formula is C11H10F4O. The van der Waals surface area contributed by atoms with Crippen LogP contribution in [0.5, 0.6) is 0 Å². The highest BCUT2D eigenvalue weighted by molar-refractivity contribution is 5.51. The fourth-order valence-corrected chi connectivity index (χ4v) is 1.52. The molecule has 1 aromatic rings. The molecule has 0 unspecified atom stereocenters. The Balaban J connectivity index is 3.17. The van der Waals surface area contributed by atoms with Crippen LogP contribution >= 0.6 is 0 Å². The molecule has 0 N–H and O–H groups in total. The molecule has 0 aliphatic heterocycles. The Morgan fingerprint density at radius 3 is 1.94 bits per heavy atom. The van der Waals surface area contributed by atoms with E-state index in [0.29, 0.717) is 6.29 Å². The van der Waals surface area contributed by atoms with Crippen molar-refractivity contribution >= 4 is 6.29 Å². The largest absolute Gasteiger partial charge is 0.303 e. The molecule has 88 valence electrons. The molecule has 0 radical (unpaired) electrons. The Bertz CT molecular complexity index is 337. The van der Waals surface area contributed by atoms with E-state index in [1.54, 1.807) is 0 Å². The molecule has 0 saturated heterocycles. The molecule has 0 fully saturated rings. The SMILES string of the molecule is O=CCCc1c(C(F)F)cccc1C(F)F. The van der Waals surface area contributed by atoms with E-state index in [1.807, 2.05) is 0 Å². The monoisotopic (exact) mass is 234 g/mol. The number of aldehydes is 1. The zero-order valence-corrected chi connectivity index (χ0v) is 8.30. The van der Waals surface area contributed by atoms with Gasteiger partial charge < -0.3 is 4.79 Å². The lowest BCUT2D eigenvalue weighted by molar-refractivity contribution is -0.107. The van der Waals surface area contributed by atoms with Gasteiger partial charge in [-0.05, 0) is 12.0 Å². The minimum absolute atomic E-state index is 0.0382. The topological polar surface area (TPSA) is 17.1 Å². The van der Waals surface area contributed by atoms with Crippen LogP contribution in [0.3, 0.4) is 0 Å². The van der Waals surface area contributed by atoms with E-state index in [1.165, 1.54) is 6.07 Å². The minimum Gasteiger partial charge on any atom is -0.303 e. The number of carbonyl (C=O) groups is 1. The van der Waals surface area contributed by atoms with Crippen LogP contribution in [-0.4, -0.2) is 6.29 Å². The van der Waals surface area contributed by atoms with Crippen molar-refractivity contribution in [3.05, 3.63) is 34.9 Å². The van der Waals surface area contributed by atoms with E-state index >= 15 is 0 Å². The minimum atomic E-state index is -2.81. The standard InChI is InChI=1S/C11H10F4O/c12-10(13)8-3-1-4-9(11(14)15)7(8)5-2-6-16/h1,3-4,6,10-11H,2,5H2. The molecule has 0 heterocycles. The van der Waals surface area contributed by atoms with Crippen molar-refractivity contribution in [2.24, 2.45) is 0 Å². The number of hydrogen-bond donors (Lipinski definition) is 0. The lowest BCUT2D eigenvalue weighted by atomic mass is 9.97. The lowest BCUT2D eigenvalue weighted by Gasteiger charge is -2.12. The van der Waals surface area contributed by atoms with Gasteiger partial charge in [0.25, 0.3) is 12.9 Å². The van der Waals surface area contributed by atoms with Gasteiger partial charge in [0.15, 0.2) is 0 Å². The summed E-state index contributed by atoms with van der Waals surface area (Å²) >= 11 is 0. The van der Waals surface area contributed by atoms with E-state index in [9.17, 15) is 22.4 Å². The fourth-order valence-electron chi connectivity index (χ4n) is 1.52. The molecule has 0 aliphatic rings. The van der Waals surface area contributed by atoms with Crippen LogP contribution in [0.4, 0.5) is 17.6 Å². The third kappa shape index (κ3) is 2.81. The second kappa shape index (κ2) is 5.63. The van der Waals surface area contributed by atoms with Crippen LogP contribution in [0.25, 0.3) is 0 Å². The third-order valence-corrected chi connectivity index (χ3v) is 2.23. The Morgan fingerprint density at radius 2 is 1.56 bits per heavy atom. The molecule has 0 atom stereocenters. The molecule has 1 rings (SSSR count). The molecule has 5 heteroatoms. The number of halogens is 4. The first-order chi connectivity index (χ1) is 7.57. The van der Waals surface area contributed by atoms with Crippen LogP contribution in [0.1, 0.15) is 36.0 Å². The summed E-state index contributed by atoms with van der Waals surface area (Å²) in [5.41, 5.74) is -0.945. The van der Waals surface area contributed by atoms with Gasteiger partial charge in [0, 0.05) is 17.5 Å². The van der Waals surface area contributed by atoms with Gasteiger partial charge in [-0.25, -0.2) is 17.6 Å².